The molecule has 0 unspecified atom stereocenters. The van der Waals surface area contributed by atoms with E-state index in [-0.39, 0.29) is 0 Å². The molecule has 0 saturated carbocycles. The summed E-state index contributed by atoms with van der Waals surface area (Å²) in [6.45, 7) is 6.01. The fourth-order valence-electron chi connectivity index (χ4n) is 5.72. The average Bonchev–Trinajstić information content (AvgIpc) is 3.19. The number of allylic oxidation sites excluding steroid dienone is 3. The van der Waals surface area contributed by atoms with Crippen LogP contribution in [-0.4, -0.2) is 26.7 Å². The van der Waals surface area contributed by atoms with Gasteiger partial charge in [0.25, 0.3) is 0 Å². The Morgan fingerprint density at radius 2 is 1.02 bits per heavy atom. The first-order valence-electron chi connectivity index (χ1n) is 16.1. The van der Waals surface area contributed by atoms with Gasteiger partial charge >= 0.3 is 0 Å². The van der Waals surface area contributed by atoms with Crippen molar-refractivity contribution in [3.63, 3.8) is 0 Å². The second-order valence-electron chi connectivity index (χ2n) is 11.4. The Kier molecular flexibility index (Phi) is 9.15. The average molecular weight is 632 g/mol. The molecule has 7 aromatic rings. The summed E-state index contributed by atoms with van der Waals surface area (Å²) >= 11 is 0. The van der Waals surface area contributed by atoms with Crippen molar-refractivity contribution in [1.82, 2.24) is 19.9 Å². The molecule has 0 radical (unpaired) electrons. The van der Waals surface area contributed by atoms with Crippen molar-refractivity contribution in [2.24, 2.45) is 4.99 Å². The summed E-state index contributed by atoms with van der Waals surface area (Å²) in [5.74, 6) is 1.74. The lowest BCUT2D eigenvalue weighted by atomic mass is 9.97. The molecule has 5 aromatic carbocycles. The molecule has 5 heteroatoms. The van der Waals surface area contributed by atoms with Crippen LogP contribution in [0.3, 0.4) is 0 Å². The van der Waals surface area contributed by atoms with Crippen molar-refractivity contribution in [2.45, 2.75) is 6.92 Å². The van der Waals surface area contributed by atoms with Crippen LogP contribution in [0.25, 0.3) is 67.8 Å². The summed E-state index contributed by atoms with van der Waals surface area (Å²) in [7, 11) is 0. The summed E-state index contributed by atoms with van der Waals surface area (Å²) in [6.07, 6.45) is 6.00. The Bertz CT molecular complexity index is 2220. The molecule has 0 spiro atoms. The maximum atomic E-state index is 5.03. The monoisotopic (exact) mass is 631 g/mol. The van der Waals surface area contributed by atoms with Gasteiger partial charge < -0.3 is 0 Å². The van der Waals surface area contributed by atoms with E-state index in [2.05, 4.69) is 72.4 Å². The van der Waals surface area contributed by atoms with E-state index in [1.54, 1.807) is 0 Å². The van der Waals surface area contributed by atoms with Crippen molar-refractivity contribution in [3.05, 3.63) is 181 Å². The van der Waals surface area contributed by atoms with E-state index in [1.165, 1.54) is 0 Å². The van der Waals surface area contributed by atoms with Gasteiger partial charge in [-0.05, 0) is 72.3 Å². The van der Waals surface area contributed by atoms with Crippen molar-refractivity contribution in [1.29, 1.82) is 0 Å². The second-order valence-corrected chi connectivity index (χ2v) is 11.4. The number of nitrogens with zero attached hydrogens (tertiary/aromatic N) is 5. The lowest BCUT2D eigenvalue weighted by molar-refractivity contribution is 1.07. The van der Waals surface area contributed by atoms with Gasteiger partial charge in [-0.3, -0.25) is 9.98 Å². The summed E-state index contributed by atoms with van der Waals surface area (Å²) in [4.78, 5) is 24.3. The van der Waals surface area contributed by atoms with E-state index < -0.39 is 0 Å². The zero-order valence-electron chi connectivity index (χ0n) is 27.1. The van der Waals surface area contributed by atoms with Gasteiger partial charge in [0.1, 0.15) is 0 Å². The third-order valence-corrected chi connectivity index (χ3v) is 8.23. The van der Waals surface area contributed by atoms with Gasteiger partial charge in [0, 0.05) is 34.0 Å². The minimum atomic E-state index is 0.549. The first-order chi connectivity index (χ1) is 24.2. The van der Waals surface area contributed by atoms with E-state index in [1.807, 2.05) is 116 Å². The highest BCUT2D eigenvalue weighted by atomic mass is 15.0. The van der Waals surface area contributed by atoms with Crippen LogP contribution in [-0.2, 0) is 0 Å². The summed E-state index contributed by atoms with van der Waals surface area (Å²) in [5, 5.41) is 0. The SMILES string of the molecule is C=N/C(=C\C(=C/C)c1ccccc1)c1cc(-c2cc(-c3ccccc3)ccn2)cc(-c2nc(-c3ccccc3)nc(-c3ccccc3)n2)c1. The molecule has 0 aliphatic rings. The molecule has 5 nitrogen and oxygen atoms in total. The Balaban J connectivity index is 1.44. The van der Waals surface area contributed by atoms with Gasteiger partial charge in [0.15, 0.2) is 17.5 Å². The Morgan fingerprint density at radius 3 is 1.57 bits per heavy atom. The normalized spacial score (nSPS) is 11.7. The van der Waals surface area contributed by atoms with Crippen LogP contribution >= 0.6 is 0 Å². The van der Waals surface area contributed by atoms with Crippen molar-refractivity contribution in [3.8, 4) is 56.5 Å². The van der Waals surface area contributed by atoms with Gasteiger partial charge in [-0.2, -0.15) is 0 Å². The first kappa shape index (κ1) is 31.0. The van der Waals surface area contributed by atoms with E-state index in [4.69, 9.17) is 19.9 Å². The summed E-state index contributed by atoms with van der Waals surface area (Å²) in [5.41, 5.74) is 10.3. The third kappa shape index (κ3) is 7.07. The van der Waals surface area contributed by atoms with Gasteiger partial charge in [-0.25, -0.2) is 15.0 Å². The quantitative estimate of drug-likeness (QED) is 0.117. The van der Waals surface area contributed by atoms with E-state index in [0.717, 1.165) is 61.5 Å². The smallest absolute Gasteiger partial charge is 0.164 e. The number of hydrogen-bond donors (Lipinski definition) is 0. The molecule has 7 rings (SSSR count). The highest BCUT2D eigenvalue weighted by molar-refractivity contribution is 5.87. The molecule has 0 saturated heterocycles. The lowest BCUT2D eigenvalue weighted by Gasteiger charge is -2.13. The van der Waals surface area contributed by atoms with Crippen LogP contribution in [0.1, 0.15) is 18.1 Å². The molecule has 0 N–H and O–H groups in total. The Morgan fingerprint density at radius 1 is 0.510 bits per heavy atom. The highest BCUT2D eigenvalue weighted by Crippen LogP contribution is 2.34. The molecule has 0 fully saturated rings. The number of rotatable bonds is 9. The number of aromatic nitrogens is 4. The molecular formula is C44H33N5. The standard InChI is InChI=1S/C44H33N5/c1-3-31(32-16-8-4-9-17-32)29-40(45-2)37-26-38(41-30-36(24-25-46-41)33-18-10-5-11-19-33)28-39(27-37)44-48-42(34-20-12-6-13-21-34)47-43(49-44)35-22-14-7-15-23-35/h3-30H,2H2,1H3/b31-3+,40-29-. The Hall–Kier alpha value is -6.59. The molecular weight excluding hydrogens is 599 g/mol. The van der Waals surface area contributed by atoms with Crippen molar-refractivity contribution < 1.29 is 0 Å². The van der Waals surface area contributed by atoms with Crippen LogP contribution in [0, 0.1) is 0 Å². The van der Waals surface area contributed by atoms with Crippen LogP contribution in [0.5, 0.6) is 0 Å². The van der Waals surface area contributed by atoms with E-state index in [0.29, 0.717) is 17.5 Å². The molecule has 0 aliphatic carbocycles. The van der Waals surface area contributed by atoms with E-state index >= 15 is 0 Å². The fraction of sp³-hybridized carbons (Fsp3) is 0.0227. The highest BCUT2D eigenvalue weighted by Gasteiger charge is 2.16. The number of pyridine rings is 1. The van der Waals surface area contributed by atoms with Gasteiger partial charge in [0.2, 0.25) is 0 Å². The third-order valence-electron chi connectivity index (χ3n) is 8.23. The lowest BCUT2D eigenvalue weighted by Crippen LogP contribution is -2.01. The van der Waals surface area contributed by atoms with Crippen LogP contribution in [0.15, 0.2) is 175 Å². The largest absolute Gasteiger partial charge is 0.264 e. The summed E-state index contributed by atoms with van der Waals surface area (Å²) < 4.78 is 0. The number of aliphatic imine (C=N–C) groups is 1. The zero-order chi connectivity index (χ0) is 33.4. The molecule has 0 bridgehead atoms. The maximum Gasteiger partial charge on any atom is 0.164 e. The van der Waals surface area contributed by atoms with Crippen LogP contribution in [0.2, 0.25) is 0 Å². The van der Waals surface area contributed by atoms with Gasteiger partial charge in [0.05, 0.1) is 11.4 Å². The molecule has 0 amide bonds. The van der Waals surface area contributed by atoms with Crippen LogP contribution in [0.4, 0.5) is 0 Å². The molecule has 2 aromatic heterocycles. The molecule has 234 valence electrons. The van der Waals surface area contributed by atoms with E-state index in [9.17, 15) is 0 Å². The summed E-state index contributed by atoms with van der Waals surface area (Å²) in [6, 6.07) is 51.0. The molecule has 49 heavy (non-hydrogen) atoms. The minimum absolute atomic E-state index is 0.549. The van der Waals surface area contributed by atoms with Gasteiger partial charge in [-0.15, -0.1) is 0 Å². The maximum absolute atomic E-state index is 5.03. The topological polar surface area (TPSA) is 63.9 Å². The zero-order valence-corrected chi connectivity index (χ0v) is 27.1. The molecule has 2 heterocycles. The van der Waals surface area contributed by atoms with Gasteiger partial charge in [-0.1, -0.05) is 127 Å². The van der Waals surface area contributed by atoms with Crippen molar-refractivity contribution in [2.75, 3.05) is 0 Å². The molecule has 0 aliphatic heterocycles. The first-order valence-corrected chi connectivity index (χ1v) is 16.1. The predicted molar refractivity (Wildman–Crippen MR) is 202 cm³/mol. The molecule has 0 atom stereocenters. The number of benzene rings is 5. The van der Waals surface area contributed by atoms with Crippen molar-refractivity contribution >= 4 is 18.0 Å². The number of hydrogen-bond acceptors (Lipinski definition) is 5. The second kappa shape index (κ2) is 14.4. The predicted octanol–water partition coefficient (Wildman–Crippen LogP) is 10.7. The van der Waals surface area contributed by atoms with Crippen LogP contribution < -0.4 is 0 Å². The fourth-order valence-corrected chi connectivity index (χ4v) is 5.72. The Labute approximate surface area is 286 Å². The minimum Gasteiger partial charge on any atom is -0.264 e.